The van der Waals surface area contributed by atoms with Gasteiger partial charge < -0.3 is 5.73 Å². The van der Waals surface area contributed by atoms with E-state index in [1.807, 2.05) is 0 Å². The second-order valence-corrected chi connectivity index (χ2v) is 7.12. The minimum absolute atomic E-state index is 0.0866. The highest BCUT2D eigenvalue weighted by Gasteiger charge is 2.30. The van der Waals surface area contributed by atoms with Gasteiger partial charge in [0.15, 0.2) is 11.6 Å². The minimum atomic E-state index is -0.0947. The van der Waals surface area contributed by atoms with E-state index in [9.17, 15) is 9.59 Å². The van der Waals surface area contributed by atoms with E-state index in [1.165, 1.54) is 32.1 Å². The molecule has 3 nitrogen and oxygen atoms in total. The molecule has 0 amide bonds. The molecule has 0 saturated heterocycles. The van der Waals surface area contributed by atoms with Crippen molar-refractivity contribution in [1.29, 1.82) is 0 Å². The summed E-state index contributed by atoms with van der Waals surface area (Å²) >= 11 is 3.33. The van der Waals surface area contributed by atoms with E-state index < -0.39 is 0 Å². The predicted octanol–water partition coefficient (Wildman–Crippen LogP) is 4.50. The van der Waals surface area contributed by atoms with E-state index in [-0.39, 0.29) is 11.6 Å². The number of halogens is 1. The van der Waals surface area contributed by atoms with Gasteiger partial charge in [-0.05, 0) is 18.9 Å². The largest absolute Gasteiger partial charge is 0.328 e. The first-order chi connectivity index (χ1) is 11.6. The van der Waals surface area contributed by atoms with Gasteiger partial charge in [-0.25, -0.2) is 0 Å². The Morgan fingerprint density at radius 2 is 1.38 bits per heavy atom. The molecule has 2 N–H and O–H groups in total. The molecule has 0 atom stereocenters. The molecule has 4 heteroatoms. The van der Waals surface area contributed by atoms with E-state index in [0.717, 1.165) is 0 Å². The Morgan fingerprint density at radius 1 is 0.792 bits per heavy atom. The molecule has 0 bridgehead atoms. The molecule has 2 aromatic rings. The van der Waals surface area contributed by atoms with Gasteiger partial charge in [0.05, 0.1) is 0 Å². The molecule has 4 rings (SSSR count). The van der Waals surface area contributed by atoms with Gasteiger partial charge in [0.25, 0.3) is 0 Å². The second kappa shape index (κ2) is 7.41. The van der Waals surface area contributed by atoms with Crippen molar-refractivity contribution in [2.45, 2.75) is 38.1 Å². The van der Waals surface area contributed by atoms with Crippen LogP contribution in [0.2, 0.25) is 0 Å². The van der Waals surface area contributed by atoms with Gasteiger partial charge in [0, 0.05) is 32.8 Å². The number of hydrogen-bond donors (Lipinski definition) is 1. The lowest BCUT2D eigenvalue weighted by atomic mass is 9.84. The first-order valence-electron chi connectivity index (χ1n) is 8.32. The van der Waals surface area contributed by atoms with Crippen LogP contribution in [0.15, 0.2) is 46.9 Å². The molecule has 0 aliphatic heterocycles. The summed E-state index contributed by atoms with van der Waals surface area (Å²) in [4.78, 5) is 24.5. The summed E-state index contributed by atoms with van der Waals surface area (Å²) in [5.41, 5.74) is 7.55. The number of carbonyl (C=O) groups excluding carboxylic acids is 2. The van der Waals surface area contributed by atoms with Crippen LogP contribution in [0.3, 0.4) is 0 Å². The van der Waals surface area contributed by atoms with Crippen molar-refractivity contribution in [3.05, 3.63) is 69.2 Å². The van der Waals surface area contributed by atoms with Crippen LogP contribution in [-0.2, 0) is 0 Å². The smallest absolute Gasteiger partial charge is 0.195 e. The zero-order valence-electron chi connectivity index (χ0n) is 13.4. The summed E-state index contributed by atoms with van der Waals surface area (Å²) in [6, 6.07) is 12.7. The van der Waals surface area contributed by atoms with Gasteiger partial charge in [-0.2, -0.15) is 0 Å². The monoisotopic (exact) mass is 385 g/mol. The fourth-order valence-electron chi connectivity index (χ4n) is 3.24. The summed E-state index contributed by atoms with van der Waals surface area (Å²) in [6.07, 6.45) is 6.66. The third-order valence-corrected chi connectivity index (χ3v) is 5.21. The Kier molecular flexibility index (Phi) is 5.27. The van der Waals surface area contributed by atoms with Gasteiger partial charge in [0.2, 0.25) is 0 Å². The van der Waals surface area contributed by atoms with E-state index in [2.05, 4.69) is 15.9 Å². The Bertz CT molecular complexity index is 779. The lowest BCUT2D eigenvalue weighted by molar-refractivity contribution is 0.0978. The summed E-state index contributed by atoms with van der Waals surface area (Å²) < 4.78 is 0.669. The zero-order chi connectivity index (χ0) is 17.1. The predicted molar refractivity (Wildman–Crippen MR) is 98.5 cm³/mol. The highest BCUT2D eigenvalue weighted by Crippen LogP contribution is 2.31. The molecule has 0 spiro atoms. The maximum absolute atomic E-state index is 12.3. The van der Waals surface area contributed by atoms with Crippen molar-refractivity contribution in [1.82, 2.24) is 0 Å². The summed E-state index contributed by atoms with van der Waals surface area (Å²) in [6.45, 7) is 0. The fourth-order valence-corrected chi connectivity index (χ4v) is 3.78. The van der Waals surface area contributed by atoms with Crippen LogP contribution in [0.4, 0.5) is 0 Å². The third-order valence-electron chi connectivity index (χ3n) is 4.55. The first-order valence-corrected chi connectivity index (χ1v) is 9.11. The molecule has 24 heavy (non-hydrogen) atoms. The maximum Gasteiger partial charge on any atom is 0.195 e. The van der Waals surface area contributed by atoms with Crippen molar-refractivity contribution in [3.8, 4) is 0 Å². The highest BCUT2D eigenvalue weighted by atomic mass is 79.9. The van der Waals surface area contributed by atoms with Crippen LogP contribution in [0.5, 0.6) is 0 Å². The van der Waals surface area contributed by atoms with Crippen LogP contribution < -0.4 is 5.73 Å². The average Bonchev–Trinajstić information content (AvgIpc) is 2.61. The number of benzene rings is 2. The lowest BCUT2D eigenvalue weighted by Gasteiger charge is -2.17. The zero-order valence-corrected chi connectivity index (χ0v) is 15.0. The molecular weight excluding hydrogens is 366 g/mol. The van der Waals surface area contributed by atoms with E-state index in [1.54, 1.807) is 42.5 Å². The van der Waals surface area contributed by atoms with Gasteiger partial charge >= 0.3 is 0 Å². The van der Waals surface area contributed by atoms with Crippen LogP contribution in [0, 0.1) is 0 Å². The van der Waals surface area contributed by atoms with E-state index in [0.29, 0.717) is 32.8 Å². The molecule has 0 aromatic heterocycles. The quantitative estimate of drug-likeness (QED) is 0.619. The van der Waals surface area contributed by atoms with Crippen molar-refractivity contribution in [2.24, 2.45) is 5.73 Å². The molecule has 1 saturated carbocycles. The summed E-state index contributed by atoms with van der Waals surface area (Å²) in [7, 11) is 0. The number of nitrogens with two attached hydrogens (primary N) is 1. The standard InChI is InChI=1S/C14H7BrO2.C6H13N/c15-11-7-3-6-10-12(11)14(17)9-5-2-1-4-8(9)13(10)16;7-6-4-2-1-3-5-6/h1-7H;6H,1-5,7H2. The normalized spacial score (nSPS) is 16.8. The van der Waals surface area contributed by atoms with Crippen LogP contribution >= 0.6 is 15.9 Å². The van der Waals surface area contributed by atoms with Crippen LogP contribution in [0.25, 0.3) is 0 Å². The Balaban J connectivity index is 0.000000203. The van der Waals surface area contributed by atoms with Crippen LogP contribution in [-0.4, -0.2) is 17.6 Å². The topological polar surface area (TPSA) is 60.2 Å². The SMILES string of the molecule is NC1CCCCC1.O=C1c2ccccc2C(=O)c2c(Br)cccc21. The number of carbonyl (C=O) groups is 2. The maximum atomic E-state index is 12.3. The number of ketones is 2. The van der Waals surface area contributed by atoms with Crippen molar-refractivity contribution in [3.63, 3.8) is 0 Å². The molecule has 0 radical (unpaired) electrons. The Labute approximate surface area is 150 Å². The van der Waals surface area contributed by atoms with Gasteiger partial charge in [-0.15, -0.1) is 0 Å². The summed E-state index contributed by atoms with van der Waals surface area (Å²) in [5, 5.41) is 0. The Hall–Kier alpha value is -1.78. The van der Waals surface area contributed by atoms with Crippen LogP contribution in [0.1, 0.15) is 63.9 Å². The van der Waals surface area contributed by atoms with Gasteiger partial charge in [-0.1, -0.05) is 71.6 Å². The summed E-state index contributed by atoms with van der Waals surface area (Å²) in [5.74, 6) is -0.181. The van der Waals surface area contributed by atoms with Crippen molar-refractivity contribution in [2.75, 3.05) is 0 Å². The molecule has 1 fully saturated rings. The molecule has 2 aromatic carbocycles. The molecule has 0 heterocycles. The highest BCUT2D eigenvalue weighted by molar-refractivity contribution is 9.10. The van der Waals surface area contributed by atoms with E-state index >= 15 is 0 Å². The molecule has 2 aliphatic rings. The fraction of sp³-hybridized carbons (Fsp3) is 0.300. The second-order valence-electron chi connectivity index (χ2n) is 6.26. The number of fused-ring (bicyclic) bond motifs is 2. The van der Waals surface area contributed by atoms with Gasteiger partial charge in [-0.3, -0.25) is 9.59 Å². The van der Waals surface area contributed by atoms with Gasteiger partial charge in [0.1, 0.15) is 0 Å². The molecule has 2 aliphatic carbocycles. The van der Waals surface area contributed by atoms with Crippen molar-refractivity contribution >= 4 is 27.5 Å². The van der Waals surface area contributed by atoms with Crippen molar-refractivity contribution < 1.29 is 9.59 Å². The average molecular weight is 386 g/mol. The number of hydrogen-bond acceptors (Lipinski definition) is 3. The minimum Gasteiger partial charge on any atom is -0.328 e. The first kappa shape index (κ1) is 17.1. The lowest BCUT2D eigenvalue weighted by Crippen LogP contribution is -2.22. The molecule has 0 unspecified atom stereocenters. The van der Waals surface area contributed by atoms with E-state index in [4.69, 9.17) is 5.73 Å². The molecular formula is C20H20BrNO2. The molecule has 124 valence electrons. The Morgan fingerprint density at radius 3 is 1.96 bits per heavy atom. The third kappa shape index (κ3) is 3.35. The number of rotatable bonds is 0.